The minimum Gasteiger partial charge on any atom is -0.497 e. The topological polar surface area (TPSA) is 111 Å². The molecule has 0 spiro atoms. The first-order chi connectivity index (χ1) is 15.4. The van der Waals surface area contributed by atoms with Crippen molar-refractivity contribution in [1.82, 2.24) is 19.8 Å². The number of aromatic nitrogens is 2. The number of aromatic amines is 2. The number of fused-ring (bicyclic) bond motifs is 1. The monoisotopic (exact) mass is 437 g/mol. The Morgan fingerprint density at radius 1 is 1.06 bits per heavy atom. The van der Waals surface area contributed by atoms with Crippen molar-refractivity contribution in [2.75, 3.05) is 38.6 Å². The molecule has 0 saturated carbocycles. The molecule has 2 amide bonds. The fourth-order valence-corrected chi connectivity index (χ4v) is 3.95. The van der Waals surface area contributed by atoms with Crippen LogP contribution >= 0.6 is 0 Å². The lowest BCUT2D eigenvalue weighted by molar-refractivity contribution is -0.133. The van der Waals surface area contributed by atoms with Crippen LogP contribution in [-0.2, 0) is 16.0 Å². The van der Waals surface area contributed by atoms with E-state index in [1.807, 2.05) is 36.1 Å². The molecule has 4 rings (SSSR count). The maximum absolute atomic E-state index is 12.7. The normalized spacial score (nSPS) is 15.5. The van der Waals surface area contributed by atoms with E-state index in [9.17, 15) is 14.4 Å². The van der Waals surface area contributed by atoms with E-state index < -0.39 is 0 Å². The number of rotatable bonds is 6. The van der Waals surface area contributed by atoms with Crippen molar-refractivity contribution in [3.05, 3.63) is 58.5 Å². The van der Waals surface area contributed by atoms with Gasteiger partial charge in [-0.15, -0.1) is 0 Å². The number of nitrogens with one attached hydrogen (secondary N) is 3. The molecule has 9 nitrogen and oxygen atoms in total. The number of piperazine rings is 1. The summed E-state index contributed by atoms with van der Waals surface area (Å²) < 4.78 is 5.22. The van der Waals surface area contributed by atoms with Crippen LogP contribution in [0.2, 0.25) is 0 Å². The van der Waals surface area contributed by atoms with Crippen molar-refractivity contribution >= 4 is 28.5 Å². The Morgan fingerprint density at radius 2 is 1.81 bits per heavy atom. The third-order valence-electron chi connectivity index (χ3n) is 5.87. The SMILES string of the molecule is COc1cccc(CC(=O)N2CCN(C(C)C(=O)Nc3ccc4[nH]c(=O)[nH]c4c3)CC2)c1. The van der Waals surface area contributed by atoms with Crippen LogP contribution in [0.3, 0.4) is 0 Å². The number of carbonyl (C=O) groups is 2. The molecule has 3 N–H and O–H groups in total. The van der Waals surface area contributed by atoms with E-state index >= 15 is 0 Å². The van der Waals surface area contributed by atoms with Crippen molar-refractivity contribution in [1.29, 1.82) is 0 Å². The Kier molecular flexibility index (Phi) is 6.27. The molecule has 1 fully saturated rings. The predicted octanol–water partition coefficient (Wildman–Crippen LogP) is 1.58. The van der Waals surface area contributed by atoms with Crippen LogP contribution in [0.5, 0.6) is 5.75 Å². The van der Waals surface area contributed by atoms with Gasteiger partial charge in [-0.25, -0.2) is 4.79 Å². The number of methoxy groups -OCH3 is 1. The van der Waals surface area contributed by atoms with Crippen molar-refractivity contribution in [2.24, 2.45) is 0 Å². The number of carbonyl (C=O) groups excluding carboxylic acids is 2. The van der Waals surface area contributed by atoms with Gasteiger partial charge in [0.25, 0.3) is 0 Å². The lowest BCUT2D eigenvalue weighted by Gasteiger charge is -2.37. The predicted molar refractivity (Wildman–Crippen MR) is 122 cm³/mol. The van der Waals surface area contributed by atoms with Crippen LogP contribution in [0, 0.1) is 0 Å². The Labute approximate surface area is 185 Å². The van der Waals surface area contributed by atoms with E-state index in [1.165, 1.54) is 0 Å². The highest BCUT2D eigenvalue weighted by molar-refractivity contribution is 5.96. The second-order valence-corrected chi connectivity index (χ2v) is 7.95. The summed E-state index contributed by atoms with van der Waals surface area (Å²) in [4.78, 5) is 46.1. The molecule has 1 atom stereocenters. The lowest BCUT2D eigenvalue weighted by Crippen LogP contribution is -2.54. The van der Waals surface area contributed by atoms with E-state index in [-0.39, 0.29) is 23.5 Å². The zero-order valence-electron chi connectivity index (χ0n) is 18.2. The molecule has 2 aromatic carbocycles. The number of H-pyrrole nitrogens is 2. The highest BCUT2D eigenvalue weighted by atomic mass is 16.5. The summed E-state index contributed by atoms with van der Waals surface area (Å²) >= 11 is 0. The van der Waals surface area contributed by atoms with E-state index in [1.54, 1.807) is 25.3 Å². The van der Waals surface area contributed by atoms with E-state index in [0.29, 0.717) is 49.3 Å². The van der Waals surface area contributed by atoms with E-state index in [2.05, 4.69) is 20.2 Å². The lowest BCUT2D eigenvalue weighted by atomic mass is 10.1. The number of nitrogens with zero attached hydrogens (tertiary/aromatic N) is 2. The second kappa shape index (κ2) is 9.27. The van der Waals surface area contributed by atoms with Crippen molar-refractivity contribution in [2.45, 2.75) is 19.4 Å². The minimum atomic E-state index is -0.341. The summed E-state index contributed by atoms with van der Waals surface area (Å²) in [7, 11) is 1.61. The highest BCUT2D eigenvalue weighted by Gasteiger charge is 2.27. The van der Waals surface area contributed by atoms with E-state index in [4.69, 9.17) is 4.74 Å². The molecule has 1 saturated heterocycles. The first-order valence-electron chi connectivity index (χ1n) is 10.6. The van der Waals surface area contributed by atoms with Gasteiger partial charge in [0.05, 0.1) is 30.6 Å². The Balaban J connectivity index is 1.30. The molecule has 0 radical (unpaired) electrons. The zero-order valence-corrected chi connectivity index (χ0v) is 18.2. The molecule has 1 aliphatic rings. The molecule has 9 heteroatoms. The summed E-state index contributed by atoms with van der Waals surface area (Å²) in [6.07, 6.45) is 0.330. The van der Waals surface area contributed by atoms with Gasteiger partial charge in [-0.1, -0.05) is 12.1 Å². The molecule has 32 heavy (non-hydrogen) atoms. The molecular formula is C23H27N5O4. The molecule has 1 unspecified atom stereocenters. The third kappa shape index (κ3) is 4.83. The highest BCUT2D eigenvalue weighted by Crippen LogP contribution is 2.17. The van der Waals surface area contributed by atoms with Gasteiger partial charge in [0.2, 0.25) is 11.8 Å². The van der Waals surface area contributed by atoms with Gasteiger partial charge in [-0.3, -0.25) is 14.5 Å². The van der Waals surface area contributed by atoms with Crippen LogP contribution in [0.4, 0.5) is 5.69 Å². The fourth-order valence-electron chi connectivity index (χ4n) is 3.95. The quantitative estimate of drug-likeness (QED) is 0.542. The summed E-state index contributed by atoms with van der Waals surface area (Å²) in [6, 6.07) is 12.4. The van der Waals surface area contributed by atoms with Crippen LogP contribution in [-0.4, -0.2) is 70.9 Å². The molecule has 2 heterocycles. The van der Waals surface area contributed by atoms with Gasteiger partial charge in [-0.05, 0) is 42.8 Å². The Bertz CT molecular complexity index is 1180. The average molecular weight is 438 g/mol. The maximum atomic E-state index is 12.7. The van der Waals surface area contributed by atoms with Gasteiger partial charge in [0.15, 0.2) is 0 Å². The number of hydrogen-bond acceptors (Lipinski definition) is 5. The molecule has 0 aliphatic carbocycles. The fraction of sp³-hybridized carbons (Fsp3) is 0.348. The van der Waals surface area contributed by atoms with Crippen molar-refractivity contribution in [3.63, 3.8) is 0 Å². The van der Waals surface area contributed by atoms with Gasteiger partial charge in [0.1, 0.15) is 5.75 Å². The maximum Gasteiger partial charge on any atom is 0.323 e. The summed E-state index contributed by atoms with van der Waals surface area (Å²) in [6.45, 7) is 4.28. The van der Waals surface area contributed by atoms with Crippen LogP contribution in [0.15, 0.2) is 47.3 Å². The zero-order chi connectivity index (χ0) is 22.7. The third-order valence-corrected chi connectivity index (χ3v) is 5.87. The molecular weight excluding hydrogens is 410 g/mol. The van der Waals surface area contributed by atoms with Gasteiger partial charge >= 0.3 is 5.69 Å². The summed E-state index contributed by atoms with van der Waals surface area (Å²) in [5.41, 5.74) is 2.59. The molecule has 168 valence electrons. The second-order valence-electron chi connectivity index (χ2n) is 7.95. The smallest absolute Gasteiger partial charge is 0.323 e. The number of ether oxygens (including phenoxy) is 1. The largest absolute Gasteiger partial charge is 0.497 e. The Morgan fingerprint density at radius 3 is 2.56 bits per heavy atom. The number of hydrogen-bond donors (Lipinski definition) is 3. The number of anilines is 1. The van der Waals surface area contributed by atoms with Crippen LogP contribution in [0.25, 0.3) is 11.0 Å². The number of amides is 2. The molecule has 3 aromatic rings. The number of imidazole rings is 1. The van der Waals surface area contributed by atoms with Crippen molar-refractivity contribution < 1.29 is 14.3 Å². The standard InChI is InChI=1S/C23H27N5O4/c1-15(22(30)24-17-6-7-19-20(14-17)26-23(31)25-19)27-8-10-28(11-9-27)21(29)13-16-4-3-5-18(12-16)32-2/h3-7,12,14-15H,8-11,13H2,1-2H3,(H,24,30)(H2,25,26,31). The van der Waals surface area contributed by atoms with E-state index in [0.717, 1.165) is 11.3 Å². The van der Waals surface area contributed by atoms with Gasteiger partial charge < -0.3 is 24.9 Å². The van der Waals surface area contributed by atoms with Crippen molar-refractivity contribution in [3.8, 4) is 5.75 Å². The summed E-state index contributed by atoms with van der Waals surface area (Å²) in [5, 5.41) is 2.91. The molecule has 1 aliphatic heterocycles. The first kappa shape index (κ1) is 21.6. The molecule has 1 aromatic heterocycles. The number of benzene rings is 2. The van der Waals surface area contributed by atoms with Gasteiger partial charge in [-0.2, -0.15) is 0 Å². The average Bonchev–Trinajstić information content (AvgIpc) is 3.18. The first-order valence-corrected chi connectivity index (χ1v) is 10.6. The molecule has 0 bridgehead atoms. The van der Waals surface area contributed by atoms with Crippen LogP contribution in [0.1, 0.15) is 12.5 Å². The van der Waals surface area contributed by atoms with Crippen LogP contribution < -0.4 is 15.7 Å². The van der Waals surface area contributed by atoms with Gasteiger partial charge in [0, 0.05) is 31.9 Å². The summed E-state index contributed by atoms with van der Waals surface area (Å²) in [5.74, 6) is 0.684. The minimum absolute atomic E-state index is 0.0730. The Hall–Kier alpha value is -3.59.